The van der Waals surface area contributed by atoms with Gasteiger partial charge >= 0.3 is 5.69 Å². The molecule has 0 bridgehead atoms. The minimum Gasteiger partial charge on any atom is -0.790 e. The zero-order chi connectivity index (χ0) is 21.3. The molecular weight excluding hydrogens is 467 g/mol. The molecule has 1 aliphatic rings. The van der Waals surface area contributed by atoms with E-state index in [0.717, 1.165) is 4.57 Å². The lowest BCUT2D eigenvalue weighted by molar-refractivity contribution is -0.337. The Bertz CT molecular complexity index is 919. The van der Waals surface area contributed by atoms with Crippen LogP contribution >= 0.6 is 22.4 Å². The Morgan fingerprint density at radius 3 is 2.57 bits per heavy atom. The first-order valence-electron chi connectivity index (χ1n) is 7.07. The monoisotopic (exact) mass is 479 g/mol. The quantitative estimate of drug-likeness (QED) is 0.342. The van der Waals surface area contributed by atoms with Crippen molar-refractivity contribution in [2.45, 2.75) is 24.9 Å². The van der Waals surface area contributed by atoms with E-state index in [0.29, 0.717) is 0 Å². The predicted octanol–water partition coefficient (Wildman–Crippen LogP) is -3.59. The number of aromatic nitrogens is 2. The molecule has 1 aromatic heterocycles. The van der Waals surface area contributed by atoms with Crippen molar-refractivity contribution in [3.8, 4) is 0 Å². The zero-order valence-corrected chi connectivity index (χ0v) is 17.0. The number of nitrogen functional groups attached to an aromatic ring is 1. The average Bonchev–Trinajstić information content (AvgIpc) is 2.82. The minimum absolute atomic E-state index is 0.0413. The molecule has 160 valence electrons. The van der Waals surface area contributed by atoms with E-state index in [2.05, 4.69) is 29.9 Å². The number of ether oxygens (including phenoxy) is 1. The van der Waals surface area contributed by atoms with Crippen LogP contribution in [-0.2, 0) is 38.8 Å². The largest absolute Gasteiger partial charge is 0.790 e. The van der Waals surface area contributed by atoms with Crippen LogP contribution in [-0.4, -0.2) is 33.5 Å². The Morgan fingerprint density at radius 2 is 2.00 bits per heavy atom. The van der Waals surface area contributed by atoms with E-state index < -0.39 is 53.1 Å². The number of phosphoric ester groups is 1. The van der Waals surface area contributed by atoms with E-state index in [4.69, 9.17) is 10.5 Å². The molecular formula is C9H12N3O12P3S-4. The summed E-state index contributed by atoms with van der Waals surface area (Å²) < 4.78 is 39.7. The minimum atomic E-state index is -5.89. The molecule has 1 fully saturated rings. The van der Waals surface area contributed by atoms with Crippen molar-refractivity contribution in [3.63, 3.8) is 0 Å². The maximum absolute atomic E-state index is 11.8. The normalized spacial score (nSPS) is 27.2. The number of hydrogen-bond acceptors (Lipinski definition) is 15. The van der Waals surface area contributed by atoms with Crippen LogP contribution < -0.4 is 31.0 Å². The van der Waals surface area contributed by atoms with Gasteiger partial charge in [0.1, 0.15) is 24.9 Å². The van der Waals surface area contributed by atoms with Crippen molar-refractivity contribution in [1.29, 1.82) is 0 Å². The summed E-state index contributed by atoms with van der Waals surface area (Å²) in [5.74, 6) is -0.0413. The van der Waals surface area contributed by atoms with Gasteiger partial charge in [-0.25, -0.2) is 4.79 Å². The fourth-order valence-corrected chi connectivity index (χ4v) is 6.46. The maximum atomic E-state index is 11.8. The molecule has 0 amide bonds. The molecule has 0 saturated carbocycles. The number of nitrogens with two attached hydrogens (primary N) is 1. The molecule has 2 heterocycles. The number of anilines is 1. The van der Waals surface area contributed by atoms with E-state index >= 15 is 0 Å². The van der Waals surface area contributed by atoms with Gasteiger partial charge in [0, 0.05) is 12.6 Å². The van der Waals surface area contributed by atoms with Crippen LogP contribution in [0.3, 0.4) is 0 Å². The van der Waals surface area contributed by atoms with Crippen LogP contribution in [0.25, 0.3) is 0 Å². The zero-order valence-electron chi connectivity index (χ0n) is 13.5. The lowest BCUT2D eigenvalue weighted by Crippen LogP contribution is -2.29. The van der Waals surface area contributed by atoms with Gasteiger partial charge in [-0.2, -0.15) is 4.98 Å². The third-order valence-electron chi connectivity index (χ3n) is 3.16. The first-order valence-corrected chi connectivity index (χ1v) is 12.5. The van der Waals surface area contributed by atoms with E-state index in [1.807, 2.05) is 0 Å². The molecule has 3 N–H and O–H groups in total. The van der Waals surface area contributed by atoms with E-state index in [1.165, 1.54) is 12.3 Å². The molecule has 5 unspecified atom stereocenters. The standard InChI is InChI=1S/C9H16N3O12P3S/c10-7-1-2-12(9(14)11-7)8-3-5(13)6(22-8)4-21-26(18,19)24-27(20,28)23-25(15,16)17/h1-2,5-6,8,13H,3-4H2,(H,18,19)(H,20,28)(H2,10,11,14)(H2,15,16,17)/p-4. The number of phosphoric acid groups is 2. The fraction of sp³-hybridized carbons (Fsp3) is 0.556. The van der Waals surface area contributed by atoms with Crippen LogP contribution in [0.5, 0.6) is 0 Å². The van der Waals surface area contributed by atoms with Gasteiger partial charge in [0.2, 0.25) is 0 Å². The highest BCUT2D eigenvalue weighted by atomic mass is 32.5. The molecule has 5 atom stereocenters. The maximum Gasteiger partial charge on any atom is 0.351 e. The molecule has 0 aliphatic carbocycles. The summed E-state index contributed by atoms with van der Waals surface area (Å²) >= 11 is 3.97. The highest BCUT2D eigenvalue weighted by molar-refractivity contribution is 8.09. The first-order chi connectivity index (χ1) is 12.7. The number of nitrogens with zero attached hydrogens (tertiary/aromatic N) is 2. The van der Waals surface area contributed by atoms with Gasteiger partial charge in [-0.1, -0.05) is 11.8 Å². The molecule has 28 heavy (non-hydrogen) atoms. The summed E-state index contributed by atoms with van der Waals surface area (Å²) in [5.41, 5.74) is 4.58. The molecule has 1 saturated heterocycles. The Morgan fingerprint density at radius 1 is 1.36 bits per heavy atom. The van der Waals surface area contributed by atoms with Crippen LogP contribution in [0.15, 0.2) is 17.1 Å². The second-order valence-corrected chi connectivity index (χ2v) is 10.9. The number of aliphatic hydroxyl groups is 1. The molecule has 0 spiro atoms. The summed E-state index contributed by atoms with van der Waals surface area (Å²) in [6, 6.07) is 1.30. The molecule has 0 radical (unpaired) electrons. The number of hydrogen-bond donors (Lipinski definition) is 2. The molecule has 1 aromatic rings. The third kappa shape index (κ3) is 7.04. The lowest BCUT2D eigenvalue weighted by Gasteiger charge is -2.40. The smallest absolute Gasteiger partial charge is 0.351 e. The summed E-state index contributed by atoms with van der Waals surface area (Å²) in [6.45, 7) is -6.14. The Hall–Kier alpha value is -0.570. The van der Waals surface area contributed by atoms with Gasteiger partial charge in [0.25, 0.3) is 7.82 Å². The Labute approximate surface area is 161 Å². The Balaban J connectivity index is 1.98. The molecule has 15 nitrogen and oxygen atoms in total. The number of aliphatic hydroxyl groups excluding tert-OH is 1. The van der Waals surface area contributed by atoms with Crippen molar-refractivity contribution >= 4 is 40.0 Å². The van der Waals surface area contributed by atoms with Crippen molar-refractivity contribution in [3.05, 3.63) is 22.7 Å². The van der Waals surface area contributed by atoms with Gasteiger partial charge in [-0.15, -0.1) is 0 Å². The van der Waals surface area contributed by atoms with E-state index in [1.54, 1.807) is 0 Å². The van der Waals surface area contributed by atoms with Crippen LogP contribution in [0.2, 0.25) is 0 Å². The molecule has 19 heteroatoms. The van der Waals surface area contributed by atoms with Crippen molar-refractivity contribution in [1.82, 2.24) is 9.55 Å². The Kier molecular flexibility index (Phi) is 7.33. The summed E-state index contributed by atoms with van der Waals surface area (Å²) in [5, 5.41) is 9.93. The lowest BCUT2D eigenvalue weighted by atomic mass is 10.2. The van der Waals surface area contributed by atoms with Crippen molar-refractivity contribution < 1.29 is 51.7 Å². The third-order valence-corrected chi connectivity index (χ3v) is 8.03. The van der Waals surface area contributed by atoms with E-state index in [-0.39, 0.29) is 12.2 Å². The molecule has 2 rings (SSSR count). The fourth-order valence-electron chi connectivity index (χ4n) is 2.13. The summed E-state index contributed by atoms with van der Waals surface area (Å²) in [4.78, 5) is 59.0. The summed E-state index contributed by atoms with van der Waals surface area (Å²) in [7, 11) is -11.4. The summed E-state index contributed by atoms with van der Waals surface area (Å²) in [6.07, 6.45) is -2.47. The van der Waals surface area contributed by atoms with E-state index in [9.17, 15) is 38.6 Å². The second kappa shape index (κ2) is 8.66. The van der Waals surface area contributed by atoms with Gasteiger partial charge in [0.05, 0.1) is 20.5 Å². The molecule has 1 aliphatic heterocycles. The van der Waals surface area contributed by atoms with Gasteiger partial charge in [0.15, 0.2) is 0 Å². The van der Waals surface area contributed by atoms with Gasteiger partial charge in [-0.05, 0) is 6.07 Å². The second-order valence-electron chi connectivity index (χ2n) is 5.28. The first kappa shape index (κ1) is 23.7. The van der Waals surface area contributed by atoms with Gasteiger partial charge < -0.3 is 48.6 Å². The molecule has 0 aromatic carbocycles. The topological polar surface area (TPSA) is 244 Å². The number of rotatable bonds is 8. The van der Waals surface area contributed by atoms with Gasteiger partial charge in [-0.3, -0.25) is 13.4 Å². The van der Waals surface area contributed by atoms with Crippen molar-refractivity contribution in [2.75, 3.05) is 12.3 Å². The predicted molar refractivity (Wildman–Crippen MR) is 85.1 cm³/mol. The van der Waals surface area contributed by atoms with Crippen molar-refractivity contribution in [2.24, 2.45) is 0 Å². The van der Waals surface area contributed by atoms with Crippen LogP contribution in [0.4, 0.5) is 5.82 Å². The highest BCUT2D eigenvalue weighted by Gasteiger charge is 2.36. The highest BCUT2D eigenvalue weighted by Crippen LogP contribution is 2.60. The average molecular weight is 479 g/mol. The van der Waals surface area contributed by atoms with Crippen LogP contribution in [0.1, 0.15) is 12.6 Å². The van der Waals surface area contributed by atoms with Crippen LogP contribution in [0, 0.1) is 0 Å². The SMILES string of the molecule is Nc1ccn(C2CC(O)C(COP(=O)([O-])OP([O-])(=S)OP(=O)([O-])[O-])O2)c(=O)n1.